The zero-order chi connectivity index (χ0) is 27.8. The first-order valence-electron chi connectivity index (χ1n) is 12.9. The molecule has 4 rings (SSSR count). The van der Waals surface area contributed by atoms with E-state index >= 15 is 0 Å². The Morgan fingerprint density at radius 3 is 2.33 bits per heavy atom. The second-order valence-corrected chi connectivity index (χ2v) is 9.65. The molecule has 4 atom stereocenters. The topological polar surface area (TPSA) is 109 Å². The van der Waals surface area contributed by atoms with Crippen LogP contribution in [0.2, 0.25) is 0 Å². The summed E-state index contributed by atoms with van der Waals surface area (Å²) in [5, 5.41) is 0. The second kappa shape index (κ2) is 12.8. The lowest BCUT2D eigenvalue weighted by atomic mass is 9.90. The van der Waals surface area contributed by atoms with Gasteiger partial charge in [-0.05, 0) is 30.9 Å². The zero-order valence-corrected chi connectivity index (χ0v) is 22.2. The quantitative estimate of drug-likeness (QED) is 0.278. The van der Waals surface area contributed by atoms with Crippen LogP contribution in [-0.2, 0) is 37.0 Å². The Kier molecular flexibility index (Phi) is 9.29. The average Bonchev–Trinajstić information content (AvgIpc) is 3.21. The SMILES string of the molecule is C=CCC[C@]1(COCc2ccccc2)O[C@@H](n2cc(C)c(=O)[nH]c2=O)C(OC(C)=O)[C@H]1OCc1ccccc1. The molecular formula is C30H34N2O7. The van der Waals surface area contributed by atoms with Crippen LogP contribution in [-0.4, -0.2) is 39.9 Å². The third kappa shape index (κ3) is 6.81. The number of ether oxygens (including phenoxy) is 4. The van der Waals surface area contributed by atoms with Gasteiger partial charge in [0.05, 0.1) is 19.8 Å². The molecule has 1 aliphatic heterocycles. The molecule has 9 heteroatoms. The molecule has 206 valence electrons. The van der Waals surface area contributed by atoms with Crippen molar-refractivity contribution in [3.8, 4) is 0 Å². The van der Waals surface area contributed by atoms with Crippen LogP contribution in [0.3, 0.4) is 0 Å². The first kappa shape index (κ1) is 28.2. The maximum absolute atomic E-state index is 12.9. The van der Waals surface area contributed by atoms with E-state index in [1.807, 2.05) is 60.7 Å². The summed E-state index contributed by atoms with van der Waals surface area (Å²) in [6.45, 7) is 7.38. The van der Waals surface area contributed by atoms with Crippen molar-refractivity contribution in [1.29, 1.82) is 0 Å². The first-order valence-corrected chi connectivity index (χ1v) is 12.9. The van der Waals surface area contributed by atoms with E-state index in [1.165, 1.54) is 17.7 Å². The Morgan fingerprint density at radius 2 is 1.72 bits per heavy atom. The predicted octanol–water partition coefficient (Wildman–Crippen LogP) is 3.81. The number of allylic oxidation sites excluding steroid dienone is 1. The van der Waals surface area contributed by atoms with Gasteiger partial charge in [-0.2, -0.15) is 0 Å². The monoisotopic (exact) mass is 534 g/mol. The van der Waals surface area contributed by atoms with Crippen LogP contribution < -0.4 is 11.2 Å². The number of hydrogen-bond donors (Lipinski definition) is 1. The van der Waals surface area contributed by atoms with Crippen LogP contribution in [0.4, 0.5) is 0 Å². The molecule has 0 bridgehead atoms. The molecule has 2 aromatic carbocycles. The summed E-state index contributed by atoms with van der Waals surface area (Å²) in [5.74, 6) is -0.555. The summed E-state index contributed by atoms with van der Waals surface area (Å²) in [4.78, 5) is 39.6. The molecule has 1 fully saturated rings. The van der Waals surface area contributed by atoms with E-state index in [0.717, 1.165) is 11.1 Å². The molecule has 1 unspecified atom stereocenters. The Hall–Kier alpha value is -3.79. The Morgan fingerprint density at radius 1 is 1.08 bits per heavy atom. The summed E-state index contributed by atoms with van der Waals surface area (Å²) in [5.41, 5.74) is -0.0745. The van der Waals surface area contributed by atoms with Crippen LogP contribution in [0.5, 0.6) is 0 Å². The lowest BCUT2D eigenvalue weighted by molar-refractivity contribution is -0.162. The van der Waals surface area contributed by atoms with Gasteiger partial charge in [0.25, 0.3) is 5.56 Å². The molecule has 1 aromatic heterocycles. The van der Waals surface area contributed by atoms with E-state index in [9.17, 15) is 14.4 Å². The fourth-order valence-corrected chi connectivity index (χ4v) is 4.78. The van der Waals surface area contributed by atoms with Crippen molar-refractivity contribution in [2.75, 3.05) is 6.61 Å². The number of carbonyl (C=O) groups excluding carboxylic acids is 1. The van der Waals surface area contributed by atoms with Crippen molar-refractivity contribution < 1.29 is 23.7 Å². The molecule has 0 amide bonds. The van der Waals surface area contributed by atoms with Crippen molar-refractivity contribution in [3.63, 3.8) is 0 Å². The summed E-state index contributed by atoms with van der Waals surface area (Å²) < 4.78 is 26.3. The summed E-state index contributed by atoms with van der Waals surface area (Å²) in [6.07, 6.45) is 1.28. The number of nitrogens with zero attached hydrogens (tertiary/aromatic N) is 1. The summed E-state index contributed by atoms with van der Waals surface area (Å²) >= 11 is 0. The molecule has 0 aliphatic carbocycles. The molecule has 3 aromatic rings. The first-order chi connectivity index (χ1) is 18.8. The van der Waals surface area contributed by atoms with Gasteiger partial charge in [-0.3, -0.25) is 19.1 Å². The highest BCUT2D eigenvalue weighted by Crippen LogP contribution is 2.44. The zero-order valence-electron chi connectivity index (χ0n) is 22.2. The van der Waals surface area contributed by atoms with E-state index < -0.39 is 41.3 Å². The third-order valence-corrected chi connectivity index (χ3v) is 6.68. The number of hydrogen-bond acceptors (Lipinski definition) is 7. The molecule has 1 N–H and O–H groups in total. The highest BCUT2D eigenvalue weighted by Gasteiger charge is 2.58. The van der Waals surface area contributed by atoms with Gasteiger partial charge >= 0.3 is 11.7 Å². The predicted molar refractivity (Wildman–Crippen MR) is 145 cm³/mol. The maximum Gasteiger partial charge on any atom is 0.330 e. The highest BCUT2D eigenvalue weighted by atomic mass is 16.6. The van der Waals surface area contributed by atoms with Crippen LogP contribution >= 0.6 is 0 Å². The normalized spacial score (nSPS) is 22.5. The number of H-pyrrole nitrogens is 1. The van der Waals surface area contributed by atoms with Crippen LogP contribution in [0.1, 0.15) is 42.7 Å². The van der Waals surface area contributed by atoms with Gasteiger partial charge in [-0.1, -0.05) is 66.7 Å². The molecular weight excluding hydrogens is 500 g/mol. The van der Waals surface area contributed by atoms with Gasteiger partial charge in [0.2, 0.25) is 0 Å². The van der Waals surface area contributed by atoms with Crippen molar-refractivity contribution >= 4 is 5.97 Å². The fraction of sp³-hybridized carbons (Fsp3) is 0.367. The number of carbonyl (C=O) groups is 1. The number of aromatic nitrogens is 2. The minimum Gasteiger partial charge on any atom is -0.455 e. The van der Waals surface area contributed by atoms with Gasteiger partial charge in [0.1, 0.15) is 11.7 Å². The third-order valence-electron chi connectivity index (χ3n) is 6.68. The minimum atomic E-state index is -1.11. The number of esters is 1. The van der Waals surface area contributed by atoms with E-state index in [-0.39, 0.29) is 13.2 Å². The molecule has 1 aliphatic rings. The minimum absolute atomic E-state index is 0.0978. The van der Waals surface area contributed by atoms with Gasteiger partial charge in [-0.15, -0.1) is 6.58 Å². The molecule has 0 saturated carbocycles. The van der Waals surface area contributed by atoms with E-state index in [1.54, 1.807) is 13.0 Å². The molecule has 0 radical (unpaired) electrons. The highest BCUT2D eigenvalue weighted by molar-refractivity contribution is 5.66. The summed E-state index contributed by atoms with van der Waals surface area (Å²) in [7, 11) is 0. The fourth-order valence-electron chi connectivity index (χ4n) is 4.78. The van der Waals surface area contributed by atoms with Crippen molar-refractivity contribution in [1.82, 2.24) is 9.55 Å². The van der Waals surface area contributed by atoms with Crippen LogP contribution in [0.25, 0.3) is 0 Å². The average molecular weight is 535 g/mol. The smallest absolute Gasteiger partial charge is 0.330 e. The Bertz CT molecular complexity index is 1370. The standard InChI is InChI=1S/C30H34N2O7/c1-4-5-16-30(20-36-18-23-12-8-6-9-13-23)26(37-19-24-14-10-7-11-15-24)25(38-22(3)33)28(39-30)32-17-21(2)27(34)31-29(32)35/h4,6-15,17,25-26,28H,1,5,16,18-20H2,2-3H3,(H,31,34,35)/t25?,26-,28-,30-/m1/s1. The van der Waals surface area contributed by atoms with Crippen molar-refractivity contribution in [3.05, 3.63) is 117 Å². The number of benzene rings is 2. The summed E-state index contributed by atoms with van der Waals surface area (Å²) in [6, 6.07) is 19.3. The van der Waals surface area contributed by atoms with E-state index in [4.69, 9.17) is 18.9 Å². The van der Waals surface area contributed by atoms with Gasteiger partial charge in [0, 0.05) is 18.7 Å². The second-order valence-electron chi connectivity index (χ2n) is 9.65. The molecule has 39 heavy (non-hydrogen) atoms. The lowest BCUT2D eigenvalue weighted by Gasteiger charge is -2.34. The number of nitrogens with one attached hydrogen (secondary N) is 1. The van der Waals surface area contributed by atoms with E-state index in [0.29, 0.717) is 25.0 Å². The van der Waals surface area contributed by atoms with Gasteiger partial charge in [0.15, 0.2) is 12.3 Å². The van der Waals surface area contributed by atoms with Crippen LogP contribution in [0, 0.1) is 6.92 Å². The van der Waals surface area contributed by atoms with E-state index in [2.05, 4.69) is 11.6 Å². The lowest BCUT2D eigenvalue weighted by Crippen LogP contribution is -2.49. The van der Waals surface area contributed by atoms with Gasteiger partial charge < -0.3 is 18.9 Å². The number of rotatable bonds is 12. The van der Waals surface area contributed by atoms with Crippen molar-refractivity contribution in [2.24, 2.45) is 0 Å². The maximum atomic E-state index is 12.9. The number of aryl methyl sites for hydroxylation is 1. The Balaban J connectivity index is 1.75. The largest absolute Gasteiger partial charge is 0.455 e. The van der Waals surface area contributed by atoms with Crippen molar-refractivity contribution in [2.45, 2.75) is 63.9 Å². The number of aromatic amines is 1. The molecule has 0 spiro atoms. The molecule has 2 heterocycles. The Labute approximate surface area is 227 Å². The van der Waals surface area contributed by atoms with Crippen LogP contribution in [0.15, 0.2) is 89.1 Å². The molecule has 1 saturated heterocycles. The van der Waals surface area contributed by atoms with Gasteiger partial charge in [-0.25, -0.2) is 4.79 Å². The molecule has 9 nitrogen and oxygen atoms in total.